The van der Waals surface area contributed by atoms with E-state index in [0.29, 0.717) is 10.7 Å². The van der Waals surface area contributed by atoms with Crippen molar-refractivity contribution in [2.75, 3.05) is 4.90 Å². The van der Waals surface area contributed by atoms with Crippen molar-refractivity contribution in [1.29, 1.82) is 0 Å². The van der Waals surface area contributed by atoms with E-state index in [9.17, 15) is 9.59 Å². The number of anilines is 1. The molecule has 22 heavy (non-hydrogen) atoms. The molecule has 3 amide bonds. The highest BCUT2D eigenvalue weighted by molar-refractivity contribution is 6.32. The molecule has 2 aromatic rings. The van der Waals surface area contributed by atoms with E-state index >= 15 is 0 Å². The van der Waals surface area contributed by atoms with Crippen molar-refractivity contribution < 1.29 is 9.59 Å². The van der Waals surface area contributed by atoms with Crippen molar-refractivity contribution in [2.45, 2.75) is 6.92 Å². The Morgan fingerprint density at radius 3 is 2.59 bits per heavy atom. The SMILES string of the molecule is Cc1cccc(C=C2NC(=O)N(c3cccc(Cl)c3)C2=O)c1. The zero-order chi connectivity index (χ0) is 15.7. The molecule has 1 aliphatic heterocycles. The summed E-state index contributed by atoms with van der Waals surface area (Å²) >= 11 is 5.92. The molecule has 0 unspecified atom stereocenters. The van der Waals surface area contributed by atoms with Crippen LogP contribution in [-0.2, 0) is 4.79 Å². The molecule has 110 valence electrons. The van der Waals surface area contributed by atoms with Crippen molar-refractivity contribution in [1.82, 2.24) is 5.32 Å². The first-order chi connectivity index (χ1) is 10.5. The van der Waals surface area contributed by atoms with Gasteiger partial charge < -0.3 is 5.32 Å². The third kappa shape index (κ3) is 2.73. The lowest BCUT2D eigenvalue weighted by molar-refractivity contribution is -0.113. The van der Waals surface area contributed by atoms with Crippen molar-refractivity contribution in [3.63, 3.8) is 0 Å². The van der Waals surface area contributed by atoms with E-state index in [1.54, 1.807) is 30.3 Å². The van der Waals surface area contributed by atoms with Crippen LogP contribution in [0.5, 0.6) is 0 Å². The number of nitrogens with one attached hydrogen (secondary N) is 1. The van der Waals surface area contributed by atoms with E-state index in [0.717, 1.165) is 16.0 Å². The number of amides is 3. The van der Waals surface area contributed by atoms with Crippen LogP contribution in [0.1, 0.15) is 11.1 Å². The van der Waals surface area contributed by atoms with Crippen LogP contribution in [-0.4, -0.2) is 11.9 Å². The molecule has 1 heterocycles. The number of benzene rings is 2. The van der Waals surface area contributed by atoms with Gasteiger partial charge >= 0.3 is 6.03 Å². The summed E-state index contributed by atoms with van der Waals surface area (Å²) in [4.78, 5) is 25.6. The maximum absolute atomic E-state index is 12.4. The fourth-order valence-electron chi connectivity index (χ4n) is 2.31. The predicted octanol–water partition coefficient (Wildman–Crippen LogP) is 3.75. The second-order valence-corrected chi connectivity index (χ2v) is 5.46. The van der Waals surface area contributed by atoms with Crippen LogP contribution in [0.2, 0.25) is 5.02 Å². The molecule has 0 atom stereocenters. The molecule has 2 aromatic carbocycles. The summed E-state index contributed by atoms with van der Waals surface area (Å²) in [6.45, 7) is 1.97. The van der Waals surface area contributed by atoms with Gasteiger partial charge in [0.2, 0.25) is 0 Å². The molecule has 1 aliphatic rings. The number of imide groups is 1. The maximum Gasteiger partial charge on any atom is 0.333 e. The molecule has 1 N–H and O–H groups in total. The zero-order valence-corrected chi connectivity index (χ0v) is 12.6. The first-order valence-electron chi connectivity index (χ1n) is 6.74. The molecule has 4 nitrogen and oxygen atoms in total. The molecule has 3 rings (SSSR count). The van der Waals surface area contributed by atoms with Crippen molar-refractivity contribution in [2.24, 2.45) is 0 Å². The van der Waals surface area contributed by atoms with Gasteiger partial charge in [-0.1, -0.05) is 47.5 Å². The van der Waals surface area contributed by atoms with E-state index in [1.807, 2.05) is 31.2 Å². The molecular weight excluding hydrogens is 300 g/mol. The minimum atomic E-state index is -0.480. The van der Waals surface area contributed by atoms with E-state index in [1.165, 1.54) is 0 Å². The van der Waals surface area contributed by atoms with Crippen LogP contribution < -0.4 is 10.2 Å². The summed E-state index contributed by atoms with van der Waals surface area (Å²) in [6, 6.07) is 13.8. The monoisotopic (exact) mass is 312 g/mol. The number of urea groups is 1. The lowest BCUT2D eigenvalue weighted by atomic mass is 10.1. The Bertz CT molecular complexity index is 799. The average Bonchev–Trinajstić information content (AvgIpc) is 2.73. The Morgan fingerprint density at radius 1 is 1.09 bits per heavy atom. The van der Waals surface area contributed by atoms with Gasteiger partial charge in [-0.15, -0.1) is 0 Å². The summed E-state index contributed by atoms with van der Waals surface area (Å²) in [7, 11) is 0. The number of carbonyl (C=O) groups excluding carboxylic acids is 2. The topological polar surface area (TPSA) is 49.4 Å². The van der Waals surface area contributed by atoms with Gasteiger partial charge in [0, 0.05) is 5.02 Å². The Hall–Kier alpha value is -2.59. The second kappa shape index (κ2) is 5.66. The molecule has 0 radical (unpaired) electrons. The fourth-order valence-corrected chi connectivity index (χ4v) is 2.50. The molecule has 0 bridgehead atoms. The van der Waals surface area contributed by atoms with E-state index in [4.69, 9.17) is 11.6 Å². The summed E-state index contributed by atoms with van der Waals surface area (Å²) in [6.07, 6.45) is 1.66. The average molecular weight is 313 g/mol. The van der Waals surface area contributed by atoms with Gasteiger partial charge in [-0.25, -0.2) is 9.69 Å². The third-order valence-corrected chi connectivity index (χ3v) is 3.53. The quantitative estimate of drug-likeness (QED) is 0.678. The highest BCUT2D eigenvalue weighted by atomic mass is 35.5. The molecule has 1 saturated heterocycles. The van der Waals surface area contributed by atoms with Gasteiger partial charge in [-0.2, -0.15) is 0 Å². The van der Waals surface area contributed by atoms with Gasteiger partial charge in [0.15, 0.2) is 0 Å². The van der Waals surface area contributed by atoms with Gasteiger partial charge in [-0.05, 0) is 36.8 Å². The van der Waals surface area contributed by atoms with Gasteiger partial charge in [0.05, 0.1) is 5.69 Å². The predicted molar refractivity (Wildman–Crippen MR) is 86.6 cm³/mol. The Balaban J connectivity index is 1.95. The van der Waals surface area contributed by atoms with Gasteiger partial charge in [0.25, 0.3) is 5.91 Å². The largest absolute Gasteiger partial charge is 0.333 e. The van der Waals surface area contributed by atoms with E-state index < -0.39 is 11.9 Å². The minimum absolute atomic E-state index is 0.246. The van der Waals surface area contributed by atoms with Crippen molar-refractivity contribution in [3.8, 4) is 0 Å². The number of hydrogen-bond acceptors (Lipinski definition) is 2. The van der Waals surface area contributed by atoms with E-state index in [2.05, 4.69) is 5.32 Å². The molecule has 5 heteroatoms. The van der Waals surface area contributed by atoms with Crippen LogP contribution in [0.15, 0.2) is 54.2 Å². The normalized spacial score (nSPS) is 16.3. The molecular formula is C17H13ClN2O2. The number of carbonyl (C=O) groups is 2. The standard InChI is InChI=1S/C17H13ClN2O2/c1-11-4-2-5-12(8-11)9-15-16(21)20(17(22)19-15)14-7-3-6-13(18)10-14/h2-10H,1H3,(H,19,22). The Kier molecular flexibility index (Phi) is 3.69. The first kappa shape index (κ1) is 14.4. The Morgan fingerprint density at radius 2 is 1.86 bits per heavy atom. The molecule has 0 saturated carbocycles. The lowest BCUT2D eigenvalue weighted by Crippen LogP contribution is -2.30. The van der Waals surface area contributed by atoms with Crippen molar-refractivity contribution in [3.05, 3.63) is 70.4 Å². The first-order valence-corrected chi connectivity index (χ1v) is 7.12. The highest BCUT2D eigenvalue weighted by Crippen LogP contribution is 2.24. The summed E-state index contributed by atoms with van der Waals surface area (Å²) in [5.74, 6) is -0.395. The lowest BCUT2D eigenvalue weighted by Gasteiger charge is -2.11. The Labute approximate surface area is 133 Å². The third-order valence-electron chi connectivity index (χ3n) is 3.30. The van der Waals surface area contributed by atoms with Gasteiger partial charge in [0.1, 0.15) is 5.70 Å². The number of halogens is 1. The van der Waals surface area contributed by atoms with E-state index in [-0.39, 0.29) is 5.70 Å². The highest BCUT2D eigenvalue weighted by Gasteiger charge is 2.34. The molecule has 0 spiro atoms. The molecule has 1 fully saturated rings. The summed E-state index contributed by atoms with van der Waals surface area (Å²) in [5.41, 5.74) is 2.63. The van der Waals surface area contributed by atoms with Crippen LogP contribution >= 0.6 is 11.6 Å². The van der Waals surface area contributed by atoms with Gasteiger partial charge in [-0.3, -0.25) is 4.79 Å². The number of rotatable bonds is 2. The number of hydrogen-bond donors (Lipinski definition) is 1. The maximum atomic E-state index is 12.4. The molecule has 0 aliphatic carbocycles. The molecule has 0 aromatic heterocycles. The summed E-state index contributed by atoms with van der Waals surface area (Å²) < 4.78 is 0. The van der Waals surface area contributed by atoms with Crippen LogP contribution in [0.3, 0.4) is 0 Å². The van der Waals surface area contributed by atoms with Crippen LogP contribution in [0, 0.1) is 6.92 Å². The van der Waals surface area contributed by atoms with Crippen molar-refractivity contribution >= 4 is 35.3 Å². The fraction of sp³-hybridized carbons (Fsp3) is 0.0588. The minimum Gasteiger partial charge on any atom is -0.302 e. The van der Waals surface area contributed by atoms with Crippen LogP contribution in [0.25, 0.3) is 6.08 Å². The zero-order valence-electron chi connectivity index (χ0n) is 11.8. The van der Waals surface area contributed by atoms with Crippen LogP contribution in [0.4, 0.5) is 10.5 Å². The number of aryl methyl sites for hydroxylation is 1. The smallest absolute Gasteiger partial charge is 0.302 e. The second-order valence-electron chi connectivity index (χ2n) is 5.02. The number of nitrogens with zero attached hydrogens (tertiary/aromatic N) is 1. The summed E-state index contributed by atoms with van der Waals surface area (Å²) in [5, 5.41) is 3.06.